The molecule has 0 bridgehead atoms. The lowest BCUT2D eigenvalue weighted by Gasteiger charge is -2.06. The average Bonchev–Trinajstić information content (AvgIpc) is 2.97. The van der Waals surface area contributed by atoms with Crippen molar-refractivity contribution in [3.63, 3.8) is 0 Å². The number of hydrogen-bond donors (Lipinski definition) is 1. The van der Waals surface area contributed by atoms with E-state index in [0.29, 0.717) is 0 Å². The Labute approximate surface area is 138 Å². The van der Waals surface area contributed by atoms with E-state index in [1.165, 1.54) is 0 Å². The first kappa shape index (κ1) is 17.2. The zero-order valence-corrected chi connectivity index (χ0v) is 13.1. The van der Waals surface area contributed by atoms with Gasteiger partial charge in [-0.2, -0.15) is 0 Å². The molecular formula is C12H11N5O6S. The first-order valence-corrected chi connectivity index (χ1v) is 7.34. The van der Waals surface area contributed by atoms with Crippen LogP contribution >= 0.6 is 11.5 Å². The van der Waals surface area contributed by atoms with Crippen LogP contribution in [0.4, 0.5) is 10.7 Å². The second kappa shape index (κ2) is 7.41. The maximum Gasteiger partial charge on any atom is 0.362 e. The number of rotatable bonds is 6. The Morgan fingerprint density at radius 1 is 1.46 bits per heavy atom. The number of carbonyl (C=O) groups is 2. The number of nitro groups is 1. The van der Waals surface area contributed by atoms with Gasteiger partial charge in [0.25, 0.3) is 11.2 Å². The average molecular weight is 353 g/mol. The van der Waals surface area contributed by atoms with Gasteiger partial charge in [-0.15, -0.1) is 5.10 Å². The molecule has 0 aliphatic carbocycles. The van der Waals surface area contributed by atoms with E-state index in [9.17, 15) is 24.5 Å². The van der Waals surface area contributed by atoms with Crippen LogP contribution in [0.1, 0.15) is 17.4 Å². The number of nitrogens with one attached hydrogen (secondary N) is 1. The third kappa shape index (κ3) is 3.98. The Bertz CT molecular complexity index is 844. The molecule has 126 valence electrons. The first-order chi connectivity index (χ1) is 11.4. The summed E-state index contributed by atoms with van der Waals surface area (Å²) in [7, 11) is 0. The van der Waals surface area contributed by atoms with Crippen LogP contribution in [0.25, 0.3) is 0 Å². The molecule has 12 heteroatoms. The van der Waals surface area contributed by atoms with Gasteiger partial charge >= 0.3 is 5.97 Å². The molecule has 0 aromatic carbocycles. The van der Waals surface area contributed by atoms with E-state index in [4.69, 9.17) is 4.74 Å². The molecule has 2 heterocycles. The van der Waals surface area contributed by atoms with E-state index in [1.54, 1.807) is 6.92 Å². The molecule has 1 N–H and O–H groups in total. The van der Waals surface area contributed by atoms with Crippen LogP contribution in [-0.4, -0.2) is 37.6 Å². The van der Waals surface area contributed by atoms with Crippen molar-refractivity contribution in [1.82, 2.24) is 14.2 Å². The molecular weight excluding hydrogens is 342 g/mol. The maximum absolute atomic E-state index is 12.0. The third-order valence-electron chi connectivity index (χ3n) is 2.70. The van der Waals surface area contributed by atoms with Crippen LogP contribution in [0.3, 0.4) is 0 Å². The van der Waals surface area contributed by atoms with E-state index >= 15 is 0 Å². The molecule has 1 amide bonds. The van der Waals surface area contributed by atoms with Crippen LogP contribution in [0.5, 0.6) is 0 Å². The number of nitrogens with zero attached hydrogens (tertiary/aromatic N) is 4. The summed E-state index contributed by atoms with van der Waals surface area (Å²) < 4.78 is 9.21. The molecule has 0 aliphatic heterocycles. The Balaban J connectivity index is 2.14. The summed E-state index contributed by atoms with van der Waals surface area (Å²) >= 11 is 0.765. The van der Waals surface area contributed by atoms with Gasteiger partial charge in [-0.1, -0.05) is 4.49 Å². The van der Waals surface area contributed by atoms with Gasteiger partial charge in [0.1, 0.15) is 6.54 Å². The number of hydrogen-bond acceptors (Lipinski definition) is 9. The first-order valence-electron chi connectivity index (χ1n) is 6.56. The summed E-state index contributed by atoms with van der Waals surface area (Å²) in [5.74, 6) is -1.41. The smallest absolute Gasteiger partial charge is 0.362 e. The minimum Gasteiger partial charge on any atom is -0.461 e. The zero-order chi connectivity index (χ0) is 17.7. The van der Waals surface area contributed by atoms with E-state index < -0.39 is 28.9 Å². The van der Waals surface area contributed by atoms with Crippen LogP contribution < -0.4 is 10.9 Å². The zero-order valence-electron chi connectivity index (χ0n) is 12.3. The molecule has 0 radical (unpaired) electrons. The number of amides is 1. The van der Waals surface area contributed by atoms with E-state index in [0.717, 1.165) is 34.4 Å². The maximum atomic E-state index is 12.0. The van der Waals surface area contributed by atoms with Gasteiger partial charge in [0.2, 0.25) is 11.6 Å². The van der Waals surface area contributed by atoms with E-state index in [1.807, 2.05) is 0 Å². The number of esters is 1. The fraction of sp³-hybridized carbons (Fsp3) is 0.250. The highest BCUT2D eigenvalue weighted by atomic mass is 32.1. The molecule has 0 saturated carbocycles. The number of carbonyl (C=O) groups excluding carboxylic acids is 2. The quantitative estimate of drug-likeness (QED) is 0.446. The third-order valence-corrected chi connectivity index (χ3v) is 3.34. The Kier molecular flexibility index (Phi) is 5.31. The number of pyridine rings is 1. The van der Waals surface area contributed by atoms with E-state index in [-0.39, 0.29) is 23.0 Å². The Morgan fingerprint density at radius 3 is 2.88 bits per heavy atom. The van der Waals surface area contributed by atoms with Crippen molar-refractivity contribution in [3.8, 4) is 0 Å². The summed E-state index contributed by atoms with van der Waals surface area (Å²) in [5, 5.41) is 16.7. The van der Waals surface area contributed by atoms with Gasteiger partial charge in [0, 0.05) is 23.7 Å². The predicted molar refractivity (Wildman–Crippen MR) is 81.9 cm³/mol. The molecule has 0 fully saturated rings. The van der Waals surface area contributed by atoms with Crippen molar-refractivity contribution in [2.75, 3.05) is 11.9 Å². The molecule has 11 nitrogen and oxygen atoms in total. The van der Waals surface area contributed by atoms with Crippen molar-refractivity contribution in [3.05, 3.63) is 44.5 Å². The van der Waals surface area contributed by atoms with Crippen molar-refractivity contribution >= 4 is 34.1 Å². The molecule has 0 aliphatic rings. The van der Waals surface area contributed by atoms with Gasteiger partial charge in [0.05, 0.1) is 17.7 Å². The van der Waals surface area contributed by atoms with Crippen LogP contribution in [0, 0.1) is 10.1 Å². The summed E-state index contributed by atoms with van der Waals surface area (Å²) in [5.41, 5.74) is -1.06. The molecule has 0 atom stereocenters. The Morgan fingerprint density at radius 2 is 2.21 bits per heavy atom. The fourth-order valence-corrected chi connectivity index (χ4v) is 2.25. The van der Waals surface area contributed by atoms with E-state index in [2.05, 4.69) is 14.9 Å². The second-order valence-corrected chi connectivity index (χ2v) is 5.08. The summed E-state index contributed by atoms with van der Waals surface area (Å²) in [6.07, 6.45) is 0.957. The topological polar surface area (TPSA) is 146 Å². The Hall–Kier alpha value is -3.15. The lowest BCUT2D eigenvalue weighted by molar-refractivity contribution is -0.385. The highest BCUT2D eigenvalue weighted by Crippen LogP contribution is 2.18. The minimum atomic E-state index is -0.742. The molecule has 2 aromatic heterocycles. The van der Waals surface area contributed by atoms with Crippen molar-refractivity contribution in [2.45, 2.75) is 13.5 Å². The summed E-state index contributed by atoms with van der Waals surface area (Å²) in [6.45, 7) is 1.28. The van der Waals surface area contributed by atoms with Crippen LogP contribution in [-0.2, 0) is 16.1 Å². The van der Waals surface area contributed by atoms with Gasteiger partial charge < -0.3 is 10.1 Å². The lowest BCUT2D eigenvalue weighted by atomic mass is 10.4. The van der Waals surface area contributed by atoms with Crippen molar-refractivity contribution in [2.24, 2.45) is 0 Å². The van der Waals surface area contributed by atoms with Crippen LogP contribution in [0.2, 0.25) is 0 Å². The highest BCUT2D eigenvalue weighted by molar-refractivity contribution is 7.10. The minimum absolute atomic E-state index is 0.0666. The molecule has 0 unspecified atom stereocenters. The van der Waals surface area contributed by atoms with Gasteiger partial charge in [-0.05, 0) is 6.92 Å². The van der Waals surface area contributed by atoms with Crippen molar-refractivity contribution < 1.29 is 19.2 Å². The standard InChI is InChI=1S/C12H11N5O6S/c1-2-23-12(20)10-11(24-15-14-10)13-8(18)6-16-5-7(17(21)22)3-4-9(16)19/h3-5H,2,6H2,1H3,(H,13,18). The number of anilines is 1. The summed E-state index contributed by atoms with van der Waals surface area (Å²) in [6, 6.07) is 2.03. The SMILES string of the molecule is CCOC(=O)c1nnsc1NC(=O)Cn1cc([N+](=O)[O-])ccc1=O. The van der Waals surface area contributed by atoms with Crippen LogP contribution in [0.15, 0.2) is 23.1 Å². The van der Waals surface area contributed by atoms with Gasteiger partial charge in [-0.25, -0.2) is 4.79 Å². The fourth-order valence-electron chi connectivity index (χ4n) is 1.68. The molecule has 2 aromatic rings. The largest absolute Gasteiger partial charge is 0.461 e. The molecule has 0 saturated heterocycles. The monoisotopic (exact) mass is 353 g/mol. The lowest BCUT2D eigenvalue weighted by Crippen LogP contribution is -2.27. The van der Waals surface area contributed by atoms with Gasteiger partial charge in [0.15, 0.2) is 5.00 Å². The van der Waals surface area contributed by atoms with Gasteiger partial charge in [-0.3, -0.25) is 24.3 Å². The number of aromatic nitrogens is 3. The normalized spacial score (nSPS) is 10.2. The van der Waals surface area contributed by atoms with Crippen molar-refractivity contribution in [1.29, 1.82) is 0 Å². The predicted octanol–water partition coefficient (Wildman–Crippen LogP) is 0.423. The second-order valence-electron chi connectivity index (χ2n) is 4.33. The molecule has 0 spiro atoms. The molecule has 24 heavy (non-hydrogen) atoms. The molecule has 2 rings (SSSR count). The summed E-state index contributed by atoms with van der Waals surface area (Å²) in [4.78, 5) is 45.3. The highest BCUT2D eigenvalue weighted by Gasteiger charge is 2.20. The number of ether oxygens (including phenoxy) is 1.